The van der Waals surface area contributed by atoms with Crippen molar-refractivity contribution in [3.8, 4) is 0 Å². The summed E-state index contributed by atoms with van der Waals surface area (Å²) in [5, 5.41) is 7.80. The van der Waals surface area contributed by atoms with Crippen molar-refractivity contribution in [2.45, 2.75) is 19.3 Å². The van der Waals surface area contributed by atoms with Crippen LogP contribution in [0.1, 0.15) is 17.7 Å². The molecule has 1 aliphatic heterocycles. The maximum Gasteiger partial charge on any atom is 0.325 e. The van der Waals surface area contributed by atoms with Crippen molar-refractivity contribution < 1.29 is 14.4 Å². The fraction of sp³-hybridized carbons (Fsp3) is 0.280. The van der Waals surface area contributed by atoms with Gasteiger partial charge in [0.05, 0.1) is 12.1 Å². The van der Waals surface area contributed by atoms with Gasteiger partial charge in [-0.25, -0.2) is 9.78 Å². The average molecular weight is 478 g/mol. The highest BCUT2D eigenvalue weighted by Crippen LogP contribution is 2.18. The molecule has 4 amide bonds. The summed E-state index contributed by atoms with van der Waals surface area (Å²) in [7, 11) is 0. The Morgan fingerprint density at radius 3 is 2.12 bits per heavy atom. The summed E-state index contributed by atoms with van der Waals surface area (Å²) >= 11 is 1.33. The van der Waals surface area contributed by atoms with Gasteiger partial charge >= 0.3 is 6.03 Å². The highest BCUT2D eigenvalue weighted by atomic mass is 32.1. The maximum absolute atomic E-state index is 12.6. The Bertz CT molecular complexity index is 1110. The molecule has 1 aromatic heterocycles. The Morgan fingerprint density at radius 1 is 0.824 bits per heavy atom. The summed E-state index contributed by atoms with van der Waals surface area (Å²) in [5.41, 5.74) is 2.47. The second kappa shape index (κ2) is 11.4. The van der Waals surface area contributed by atoms with Crippen LogP contribution in [0, 0.1) is 0 Å². The van der Waals surface area contributed by atoms with Crippen molar-refractivity contribution in [2.75, 3.05) is 36.8 Å². The first-order valence-corrected chi connectivity index (χ1v) is 12.1. The van der Waals surface area contributed by atoms with E-state index < -0.39 is 0 Å². The molecule has 2 heterocycles. The van der Waals surface area contributed by atoms with E-state index in [4.69, 9.17) is 0 Å². The molecule has 4 rings (SSSR count). The van der Waals surface area contributed by atoms with E-state index in [9.17, 15) is 14.4 Å². The summed E-state index contributed by atoms with van der Waals surface area (Å²) in [5.74, 6) is 0.150. The van der Waals surface area contributed by atoms with E-state index in [2.05, 4.69) is 15.6 Å². The zero-order valence-corrected chi connectivity index (χ0v) is 19.6. The number of anilines is 2. The number of amides is 4. The number of aromatic nitrogens is 1. The number of nitrogens with one attached hydrogen (secondary N) is 2. The lowest BCUT2D eigenvalue weighted by Crippen LogP contribution is -2.51. The Kier molecular flexibility index (Phi) is 7.87. The quantitative estimate of drug-likeness (QED) is 0.543. The van der Waals surface area contributed by atoms with Gasteiger partial charge in [0.25, 0.3) is 0 Å². The Labute approximate surface area is 202 Å². The standard InChI is InChI=1S/C25H27N5O3S/c31-22(29-13-15-30(16-14-29)23(32)17-19-7-3-1-4-8-19)12-11-21-18-34-25(27-21)28-24(33)26-20-9-5-2-6-10-20/h1-10,18H,11-17H2,(H2,26,27,28,33). The predicted octanol–water partition coefficient (Wildman–Crippen LogP) is 3.63. The van der Waals surface area contributed by atoms with Crippen LogP contribution in [0.5, 0.6) is 0 Å². The molecule has 1 aliphatic rings. The molecule has 1 saturated heterocycles. The van der Waals surface area contributed by atoms with E-state index in [0.29, 0.717) is 56.3 Å². The van der Waals surface area contributed by atoms with Crippen LogP contribution < -0.4 is 10.6 Å². The average Bonchev–Trinajstić information content (AvgIpc) is 3.31. The van der Waals surface area contributed by atoms with Crippen molar-refractivity contribution in [3.05, 3.63) is 77.3 Å². The number of hydrogen-bond acceptors (Lipinski definition) is 5. The second-order valence-electron chi connectivity index (χ2n) is 8.01. The third-order valence-electron chi connectivity index (χ3n) is 5.58. The van der Waals surface area contributed by atoms with Crippen molar-refractivity contribution in [1.82, 2.24) is 14.8 Å². The molecule has 34 heavy (non-hydrogen) atoms. The maximum atomic E-state index is 12.6. The second-order valence-corrected chi connectivity index (χ2v) is 8.87. The SMILES string of the molecule is O=C(Nc1ccccc1)Nc1nc(CCC(=O)N2CCN(C(=O)Cc3ccccc3)CC2)cs1. The molecular formula is C25H27N5O3S. The van der Waals surface area contributed by atoms with Gasteiger partial charge in [-0.05, 0) is 24.1 Å². The van der Waals surface area contributed by atoms with Crippen molar-refractivity contribution >= 4 is 40.0 Å². The zero-order valence-electron chi connectivity index (χ0n) is 18.8. The predicted molar refractivity (Wildman–Crippen MR) is 133 cm³/mol. The molecule has 0 spiro atoms. The van der Waals surface area contributed by atoms with Gasteiger partial charge in [0.1, 0.15) is 0 Å². The Morgan fingerprint density at radius 2 is 1.44 bits per heavy atom. The summed E-state index contributed by atoms with van der Waals surface area (Å²) in [6, 6.07) is 18.5. The lowest BCUT2D eigenvalue weighted by molar-refractivity contribution is -0.139. The molecule has 2 aromatic carbocycles. The lowest BCUT2D eigenvalue weighted by Gasteiger charge is -2.35. The van der Waals surface area contributed by atoms with Gasteiger partial charge in [-0.3, -0.25) is 14.9 Å². The number of nitrogens with zero attached hydrogens (tertiary/aromatic N) is 3. The van der Waals surface area contributed by atoms with Crippen molar-refractivity contribution in [2.24, 2.45) is 0 Å². The smallest absolute Gasteiger partial charge is 0.325 e. The van der Waals surface area contributed by atoms with E-state index in [1.54, 1.807) is 12.1 Å². The zero-order chi connectivity index (χ0) is 23.8. The fourth-order valence-corrected chi connectivity index (χ4v) is 4.48. The van der Waals surface area contributed by atoms with E-state index >= 15 is 0 Å². The van der Waals surface area contributed by atoms with E-state index in [-0.39, 0.29) is 17.8 Å². The molecular weight excluding hydrogens is 450 g/mol. The van der Waals surface area contributed by atoms with Crippen LogP contribution in [0.15, 0.2) is 66.0 Å². The van der Waals surface area contributed by atoms with E-state index in [1.165, 1.54) is 11.3 Å². The van der Waals surface area contributed by atoms with E-state index in [1.807, 2.05) is 63.7 Å². The molecule has 0 unspecified atom stereocenters. The minimum Gasteiger partial charge on any atom is -0.339 e. The van der Waals surface area contributed by atoms with Crippen LogP contribution in [-0.4, -0.2) is 58.8 Å². The highest BCUT2D eigenvalue weighted by molar-refractivity contribution is 7.13. The monoisotopic (exact) mass is 477 g/mol. The minimum absolute atomic E-state index is 0.0551. The van der Waals surface area contributed by atoms with Crippen molar-refractivity contribution in [3.63, 3.8) is 0 Å². The number of piperazine rings is 1. The number of hydrogen-bond donors (Lipinski definition) is 2. The molecule has 0 saturated carbocycles. The number of carbonyl (C=O) groups excluding carboxylic acids is 3. The van der Waals surface area contributed by atoms with E-state index in [0.717, 1.165) is 11.3 Å². The summed E-state index contributed by atoms with van der Waals surface area (Å²) in [6.45, 7) is 2.20. The van der Waals surface area contributed by atoms with Gasteiger partial charge in [-0.2, -0.15) is 0 Å². The van der Waals surface area contributed by atoms with Crippen LogP contribution >= 0.6 is 11.3 Å². The Balaban J connectivity index is 1.18. The third-order valence-corrected chi connectivity index (χ3v) is 6.39. The van der Waals surface area contributed by atoms with Gasteiger partial charge < -0.3 is 15.1 Å². The number of para-hydroxylation sites is 1. The van der Waals surface area contributed by atoms with Gasteiger partial charge in [0, 0.05) is 43.7 Å². The molecule has 176 valence electrons. The molecule has 1 fully saturated rings. The number of rotatable bonds is 7. The van der Waals surface area contributed by atoms with Crippen molar-refractivity contribution in [1.29, 1.82) is 0 Å². The minimum atomic E-state index is -0.358. The molecule has 0 atom stereocenters. The molecule has 0 aliphatic carbocycles. The first kappa shape index (κ1) is 23.4. The molecule has 8 nitrogen and oxygen atoms in total. The number of carbonyl (C=O) groups is 3. The van der Waals surface area contributed by atoms with Crippen LogP contribution in [0.3, 0.4) is 0 Å². The van der Waals surface area contributed by atoms with Gasteiger partial charge in [-0.1, -0.05) is 48.5 Å². The topological polar surface area (TPSA) is 94.6 Å². The summed E-state index contributed by atoms with van der Waals surface area (Å²) < 4.78 is 0. The summed E-state index contributed by atoms with van der Waals surface area (Å²) in [4.78, 5) is 45.3. The lowest BCUT2D eigenvalue weighted by atomic mass is 10.1. The van der Waals surface area contributed by atoms with Gasteiger partial charge in [0.15, 0.2) is 5.13 Å². The third kappa shape index (κ3) is 6.64. The first-order valence-electron chi connectivity index (χ1n) is 11.2. The fourth-order valence-electron chi connectivity index (χ4n) is 3.74. The number of thiazole rings is 1. The number of urea groups is 1. The normalized spacial score (nSPS) is 13.4. The molecule has 2 N–H and O–H groups in total. The molecule has 0 bridgehead atoms. The van der Waals surface area contributed by atoms with Crippen LogP contribution in [0.2, 0.25) is 0 Å². The number of aryl methyl sites for hydroxylation is 1. The van der Waals surface area contributed by atoms with Crippen LogP contribution in [-0.2, 0) is 22.4 Å². The largest absolute Gasteiger partial charge is 0.339 e. The van der Waals surface area contributed by atoms with Crippen LogP contribution in [0.4, 0.5) is 15.6 Å². The first-order chi connectivity index (χ1) is 16.6. The van der Waals surface area contributed by atoms with Crippen LogP contribution in [0.25, 0.3) is 0 Å². The van der Waals surface area contributed by atoms with Gasteiger partial charge in [0.2, 0.25) is 11.8 Å². The van der Waals surface area contributed by atoms with Gasteiger partial charge in [-0.15, -0.1) is 11.3 Å². The highest BCUT2D eigenvalue weighted by Gasteiger charge is 2.24. The molecule has 3 aromatic rings. The number of benzene rings is 2. The summed E-state index contributed by atoms with van der Waals surface area (Å²) in [6.07, 6.45) is 1.24. The Hall–Kier alpha value is -3.72. The molecule has 9 heteroatoms. The molecule has 0 radical (unpaired) electrons.